The van der Waals surface area contributed by atoms with Crippen molar-refractivity contribution >= 4 is 31.5 Å². The van der Waals surface area contributed by atoms with Crippen molar-refractivity contribution in [2.75, 3.05) is 0 Å². The fraction of sp³-hybridized carbons (Fsp3) is 0. The van der Waals surface area contributed by atoms with Crippen LogP contribution < -0.4 is 0 Å². The molecule has 0 spiro atoms. The van der Waals surface area contributed by atoms with Crippen molar-refractivity contribution in [2.24, 2.45) is 0 Å². The molecular weight excluding hydrogens is 693 g/mol. The molecule has 0 amide bonds. The van der Waals surface area contributed by atoms with Gasteiger partial charge in [0.1, 0.15) is 0 Å². The summed E-state index contributed by atoms with van der Waals surface area (Å²) in [5, 5.41) is 2.17. The monoisotopic (exact) mass is 722 g/mol. The van der Waals surface area contributed by atoms with Crippen LogP contribution in [0.2, 0.25) is 0 Å². The molecule has 7 aromatic carbocycles. The van der Waals surface area contributed by atoms with Gasteiger partial charge in [0.15, 0.2) is 34.9 Å². The highest BCUT2D eigenvalue weighted by atomic mass is 32.1. The molecule has 0 atom stereocenters. The van der Waals surface area contributed by atoms with Crippen LogP contribution in [0.5, 0.6) is 0 Å². The largest absolute Gasteiger partial charge is 0.208 e. The molecular formula is C48H30N6S. The molecule has 3 aromatic heterocycles. The maximum Gasteiger partial charge on any atom is 0.165 e. The lowest BCUT2D eigenvalue weighted by Gasteiger charge is -2.11. The molecule has 3 heterocycles. The predicted octanol–water partition coefficient (Wildman–Crippen LogP) is 12.1. The first kappa shape index (κ1) is 32.4. The van der Waals surface area contributed by atoms with Gasteiger partial charge in [0.05, 0.1) is 0 Å². The zero-order chi connectivity index (χ0) is 36.6. The number of aromatic nitrogens is 6. The Morgan fingerprint density at radius 3 is 1.25 bits per heavy atom. The van der Waals surface area contributed by atoms with E-state index >= 15 is 0 Å². The van der Waals surface area contributed by atoms with E-state index in [0.29, 0.717) is 34.9 Å². The normalized spacial score (nSPS) is 11.3. The summed E-state index contributed by atoms with van der Waals surface area (Å²) in [5.41, 5.74) is 7.83. The molecule has 7 heteroatoms. The van der Waals surface area contributed by atoms with Crippen molar-refractivity contribution < 1.29 is 0 Å². The third-order valence-corrected chi connectivity index (χ3v) is 10.8. The van der Waals surface area contributed by atoms with Gasteiger partial charge in [0, 0.05) is 53.6 Å². The van der Waals surface area contributed by atoms with Crippen LogP contribution in [0.4, 0.5) is 0 Å². The Labute approximate surface area is 321 Å². The Bertz CT molecular complexity index is 2910. The lowest BCUT2D eigenvalue weighted by Crippen LogP contribution is -2.00. The number of hydrogen-bond donors (Lipinski definition) is 0. The molecule has 6 nitrogen and oxygen atoms in total. The molecule has 0 aliphatic heterocycles. The molecule has 0 N–H and O–H groups in total. The second-order valence-electron chi connectivity index (χ2n) is 13.1. The minimum Gasteiger partial charge on any atom is -0.208 e. The molecule has 0 radical (unpaired) electrons. The quantitative estimate of drug-likeness (QED) is 0.163. The number of thiophene rings is 1. The van der Waals surface area contributed by atoms with Gasteiger partial charge in [-0.2, -0.15) is 0 Å². The standard InChI is InChI=1S/C48H30N6S/c1-5-16-31(17-6-1)35-24-13-25-36(30-35)46-50-45(34-22-11-4-12-23-34)51-47(54-46)38-27-15-29-40-41(38)37-26-14-28-39(42(37)55-40)48-52-43(32-18-7-2-8-19-32)49-44(53-48)33-20-9-3-10-21-33/h1-30H. The van der Waals surface area contributed by atoms with Gasteiger partial charge in [-0.05, 0) is 29.3 Å². The molecule has 0 bridgehead atoms. The molecule has 0 unspecified atom stereocenters. The zero-order valence-corrected chi connectivity index (χ0v) is 30.2. The number of fused-ring (bicyclic) bond motifs is 3. The van der Waals surface area contributed by atoms with Gasteiger partial charge in [-0.1, -0.05) is 164 Å². The molecule has 55 heavy (non-hydrogen) atoms. The zero-order valence-electron chi connectivity index (χ0n) is 29.4. The summed E-state index contributed by atoms with van der Waals surface area (Å²) in [6, 6.07) is 61.7. The van der Waals surface area contributed by atoms with Crippen molar-refractivity contribution in [1.29, 1.82) is 0 Å². The van der Waals surface area contributed by atoms with Gasteiger partial charge in [-0.3, -0.25) is 0 Å². The summed E-state index contributed by atoms with van der Waals surface area (Å²) in [7, 11) is 0. The van der Waals surface area contributed by atoms with Crippen molar-refractivity contribution in [2.45, 2.75) is 0 Å². The predicted molar refractivity (Wildman–Crippen MR) is 224 cm³/mol. The van der Waals surface area contributed by atoms with Gasteiger partial charge in [-0.25, -0.2) is 29.9 Å². The highest BCUT2D eigenvalue weighted by Crippen LogP contribution is 2.43. The smallest absolute Gasteiger partial charge is 0.165 e. The average Bonchev–Trinajstić information content (AvgIpc) is 3.67. The van der Waals surface area contributed by atoms with Crippen LogP contribution in [0, 0.1) is 0 Å². The molecule has 0 aliphatic rings. The van der Waals surface area contributed by atoms with Gasteiger partial charge in [0.2, 0.25) is 0 Å². The average molecular weight is 723 g/mol. The maximum atomic E-state index is 5.19. The Kier molecular flexibility index (Phi) is 8.24. The molecule has 258 valence electrons. The molecule has 0 saturated carbocycles. The van der Waals surface area contributed by atoms with Gasteiger partial charge >= 0.3 is 0 Å². The highest BCUT2D eigenvalue weighted by molar-refractivity contribution is 7.26. The van der Waals surface area contributed by atoms with Crippen LogP contribution >= 0.6 is 11.3 Å². The van der Waals surface area contributed by atoms with Gasteiger partial charge in [-0.15, -0.1) is 11.3 Å². The second kappa shape index (κ2) is 14.0. The van der Waals surface area contributed by atoms with Crippen LogP contribution in [0.3, 0.4) is 0 Å². The van der Waals surface area contributed by atoms with Crippen LogP contribution in [-0.4, -0.2) is 29.9 Å². The Morgan fingerprint density at radius 1 is 0.291 bits per heavy atom. The fourth-order valence-electron chi connectivity index (χ4n) is 6.95. The summed E-state index contributed by atoms with van der Waals surface area (Å²) in [5.74, 6) is 3.73. The molecule has 0 aliphatic carbocycles. The number of hydrogen-bond acceptors (Lipinski definition) is 7. The topological polar surface area (TPSA) is 77.3 Å². The summed E-state index contributed by atoms with van der Waals surface area (Å²) < 4.78 is 2.21. The lowest BCUT2D eigenvalue weighted by atomic mass is 10.0. The minimum absolute atomic E-state index is 0.613. The molecule has 10 aromatic rings. The van der Waals surface area contributed by atoms with E-state index in [2.05, 4.69) is 84.9 Å². The van der Waals surface area contributed by atoms with E-state index in [9.17, 15) is 0 Å². The fourth-order valence-corrected chi connectivity index (χ4v) is 8.19. The number of benzene rings is 7. The highest BCUT2D eigenvalue weighted by Gasteiger charge is 2.20. The van der Waals surface area contributed by atoms with Crippen molar-refractivity contribution in [3.63, 3.8) is 0 Å². The van der Waals surface area contributed by atoms with Crippen LogP contribution in [0.15, 0.2) is 182 Å². The summed E-state index contributed by atoms with van der Waals surface area (Å²) in [6.45, 7) is 0. The number of rotatable bonds is 7. The first-order valence-corrected chi connectivity index (χ1v) is 18.9. The number of nitrogens with zero attached hydrogens (tertiary/aromatic N) is 6. The molecule has 10 rings (SSSR count). The SMILES string of the molecule is c1ccc(-c2cccc(-c3nc(-c4ccccc4)nc(-c4cccc5sc6c(-c7nc(-c8ccccc8)nc(-c8ccccc8)n7)cccc6c45)n3)c2)cc1. The van der Waals surface area contributed by atoms with E-state index < -0.39 is 0 Å². The van der Waals surface area contributed by atoms with E-state index in [0.717, 1.165) is 64.7 Å². The first-order chi connectivity index (χ1) is 27.2. The van der Waals surface area contributed by atoms with Crippen molar-refractivity contribution in [3.05, 3.63) is 182 Å². The lowest BCUT2D eigenvalue weighted by molar-refractivity contribution is 1.08. The van der Waals surface area contributed by atoms with Crippen LogP contribution in [-0.2, 0) is 0 Å². The third kappa shape index (κ3) is 6.22. The van der Waals surface area contributed by atoms with E-state index in [1.807, 2.05) is 97.1 Å². The Balaban J connectivity index is 1.16. The van der Waals surface area contributed by atoms with E-state index in [1.54, 1.807) is 11.3 Å². The van der Waals surface area contributed by atoms with Crippen molar-refractivity contribution in [3.8, 4) is 79.5 Å². The second-order valence-corrected chi connectivity index (χ2v) is 14.2. The summed E-state index contributed by atoms with van der Waals surface area (Å²) in [4.78, 5) is 30.4. The first-order valence-electron chi connectivity index (χ1n) is 18.0. The van der Waals surface area contributed by atoms with E-state index in [4.69, 9.17) is 29.9 Å². The van der Waals surface area contributed by atoms with Crippen molar-refractivity contribution in [1.82, 2.24) is 29.9 Å². The Hall–Kier alpha value is -7.22. The Morgan fingerprint density at radius 2 is 0.691 bits per heavy atom. The van der Waals surface area contributed by atoms with Gasteiger partial charge in [0.25, 0.3) is 0 Å². The summed E-state index contributed by atoms with van der Waals surface area (Å²) in [6.07, 6.45) is 0. The van der Waals surface area contributed by atoms with E-state index in [1.165, 1.54) is 0 Å². The van der Waals surface area contributed by atoms with Crippen LogP contribution in [0.1, 0.15) is 0 Å². The molecule has 0 saturated heterocycles. The molecule has 0 fully saturated rings. The van der Waals surface area contributed by atoms with Gasteiger partial charge < -0.3 is 0 Å². The summed E-state index contributed by atoms with van der Waals surface area (Å²) >= 11 is 1.72. The van der Waals surface area contributed by atoms with E-state index in [-0.39, 0.29) is 0 Å². The maximum absolute atomic E-state index is 5.19. The third-order valence-electron chi connectivity index (χ3n) is 9.60. The minimum atomic E-state index is 0.613. The van der Waals surface area contributed by atoms with Crippen LogP contribution in [0.25, 0.3) is 99.6 Å².